The van der Waals surface area contributed by atoms with Crippen LogP contribution in [0, 0.1) is 6.92 Å². The number of likely N-dealkylation sites (N-methyl/N-ethyl adjacent to an activating group) is 1. The highest BCUT2D eigenvalue weighted by Gasteiger charge is 2.23. The molecule has 0 aromatic heterocycles. The lowest BCUT2D eigenvalue weighted by molar-refractivity contribution is 0.258. The van der Waals surface area contributed by atoms with Gasteiger partial charge in [0.25, 0.3) is 0 Å². The lowest BCUT2D eigenvalue weighted by Gasteiger charge is -2.23. The van der Waals surface area contributed by atoms with Crippen molar-refractivity contribution in [1.82, 2.24) is 10.2 Å². The zero-order valence-corrected chi connectivity index (χ0v) is 18.7. The van der Waals surface area contributed by atoms with Crippen molar-refractivity contribution in [2.24, 2.45) is 0 Å². The Labute approximate surface area is 177 Å². The molecule has 5 heteroatoms. The number of hydrogen-bond acceptors (Lipinski definition) is 4. The predicted molar refractivity (Wildman–Crippen MR) is 118 cm³/mol. The molecule has 0 radical (unpaired) electrons. The summed E-state index contributed by atoms with van der Waals surface area (Å²) >= 11 is 3.70. The number of rotatable bonds is 9. The predicted octanol–water partition coefficient (Wildman–Crippen LogP) is 4.92. The van der Waals surface area contributed by atoms with Crippen LogP contribution >= 0.6 is 15.9 Å². The number of likely N-dealkylation sites (tertiary alicyclic amines) is 1. The van der Waals surface area contributed by atoms with Crippen LogP contribution in [0.2, 0.25) is 0 Å². The summed E-state index contributed by atoms with van der Waals surface area (Å²) in [4.78, 5) is 2.56. The Morgan fingerprint density at radius 1 is 1.25 bits per heavy atom. The van der Waals surface area contributed by atoms with Gasteiger partial charge in [0.2, 0.25) is 0 Å². The number of nitrogens with zero attached hydrogens (tertiary/aromatic N) is 1. The van der Waals surface area contributed by atoms with Crippen LogP contribution in [0.3, 0.4) is 0 Å². The van der Waals surface area contributed by atoms with Crippen LogP contribution in [-0.2, 0) is 13.2 Å². The second-order valence-electron chi connectivity index (χ2n) is 7.39. The van der Waals surface area contributed by atoms with Crippen LogP contribution < -0.4 is 14.8 Å². The number of aryl methyl sites for hydroxylation is 1. The van der Waals surface area contributed by atoms with Crippen molar-refractivity contribution in [2.75, 3.05) is 26.7 Å². The smallest absolute Gasteiger partial charge is 0.167 e. The fourth-order valence-electron chi connectivity index (χ4n) is 3.93. The van der Waals surface area contributed by atoms with Crippen molar-refractivity contribution in [1.29, 1.82) is 0 Å². The van der Waals surface area contributed by atoms with Crippen molar-refractivity contribution < 1.29 is 9.47 Å². The molecular weight excluding hydrogens is 416 g/mol. The maximum atomic E-state index is 6.24. The number of benzene rings is 2. The third-order valence-electron chi connectivity index (χ3n) is 5.44. The first-order valence-electron chi connectivity index (χ1n) is 10.1. The van der Waals surface area contributed by atoms with Gasteiger partial charge in [0, 0.05) is 29.2 Å². The Morgan fingerprint density at radius 3 is 2.86 bits per heavy atom. The largest absolute Gasteiger partial charge is 0.493 e. The van der Waals surface area contributed by atoms with Gasteiger partial charge in [-0.1, -0.05) is 52.7 Å². The minimum atomic E-state index is 0.522. The molecule has 28 heavy (non-hydrogen) atoms. The van der Waals surface area contributed by atoms with Crippen molar-refractivity contribution in [3.63, 3.8) is 0 Å². The van der Waals surface area contributed by atoms with E-state index in [0.29, 0.717) is 12.6 Å². The molecule has 3 rings (SSSR count). The average molecular weight is 447 g/mol. The molecule has 1 N–H and O–H groups in total. The maximum absolute atomic E-state index is 6.24. The molecule has 1 aliphatic heterocycles. The van der Waals surface area contributed by atoms with Crippen LogP contribution in [-0.4, -0.2) is 37.7 Å². The van der Waals surface area contributed by atoms with Gasteiger partial charge in [0.1, 0.15) is 6.61 Å². The zero-order valence-electron chi connectivity index (χ0n) is 17.1. The third-order valence-corrected chi connectivity index (χ3v) is 6.18. The van der Waals surface area contributed by atoms with Gasteiger partial charge >= 0.3 is 0 Å². The minimum Gasteiger partial charge on any atom is -0.493 e. The Kier molecular flexibility index (Phi) is 7.77. The van der Waals surface area contributed by atoms with Crippen molar-refractivity contribution in [3.05, 3.63) is 57.6 Å². The van der Waals surface area contributed by atoms with Crippen LogP contribution in [0.25, 0.3) is 0 Å². The third kappa shape index (κ3) is 5.28. The molecule has 2 aromatic carbocycles. The molecule has 1 saturated heterocycles. The summed E-state index contributed by atoms with van der Waals surface area (Å²) in [5.41, 5.74) is 3.50. The topological polar surface area (TPSA) is 33.7 Å². The lowest BCUT2D eigenvalue weighted by atomic mass is 10.1. The Bertz CT molecular complexity index is 781. The van der Waals surface area contributed by atoms with E-state index < -0.39 is 0 Å². The molecule has 4 nitrogen and oxygen atoms in total. The van der Waals surface area contributed by atoms with E-state index in [1.807, 2.05) is 12.1 Å². The summed E-state index contributed by atoms with van der Waals surface area (Å²) in [6.45, 7) is 8.95. The molecule has 1 heterocycles. The Balaban J connectivity index is 1.70. The summed E-state index contributed by atoms with van der Waals surface area (Å²) in [7, 11) is 1.69. The van der Waals surface area contributed by atoms with E-state index in [1.165, 1.54) is 24.9 Å². The number of ether oxygens (including phenoxy) is 2. The highest BCUT2D eigenvalue weighted by molar-refractivity contribution is 9.10. The molecule has 2 aromatic rings. The zero-order chi connectivity index (χ0) is 19.9. The molecule has 0 aliphatic carbocycles. The standard InChI is InChI=1S/C23H31BrN2O2/c1-4-26-12-6-9-19(26)14-25-15-20-21(24)10-11-22(27-3)23(20)28-16-18-8-5-7-17(2)13-18/h5,7-8,10-11,13,19,25H,4,6,9,12,14-16H2,1-3H3. The molecule has 152 valence electrons. The second kappa shape index (κ2) is 10.3. The molecule has 1 unspecified atom stereocenters. The van der Waals surface area contributed by atoms with E-state index in [2.05, 4.69) is 64.3 Å². The van der Waals surface area contributed by atoms with E-state index in [-0.39, 0.29) is 0 Å². The van der Waals surface area contributed by atoms with Gasteiger partial charge in [-0.25, -0.2) is 0 Å². The monoisotopic (exact) mass is 446 g/mol. The second-order valence-corrected chi connectivity index (χ2v) is 8.24. The summed E-state index contributed by atoms with van der Waals surface area (Å²) < 4.78 is 12.9. The quantitative estimate of drug-likeness (QED) is 0.592. The van der Waals surface area contributed by atoms with Crippen LogP contribution in [0.15, 0.2) is 40.9 Å². The van der Waals surface area contributed by atoms with E-state index in [9.17, 15) is 0 Å². The van der Waals surface area contributed by atoms with Crippen molar-refractivity contribution in [2.45, 2.75) is 45.9 Å². The summed E-state index contributed by atoms with van der Waals surface area (Å²) in [5.74, 6) is 1.58. The molecule has 1 aliphatic rings. The van der Waals surface area contributed by atoms with Gasteiger partial charge < -0.3 is 14.8 Å². The number of nitrogens with one attached hydrogen (secondary N) is 1. The normalized spacial score (nSPS) is 17.1. The van der Waals surface area contributed by atoms with E-state index in [1.54, 1.807) is 7.11 Å². The van der Waals surface area contributed by atoms with Gasteiger partial charge in [-0.15, -0.1) is 0 Å². The van der Waals surface area contributed by atoms with Crippen molar-refractivity contribution >= 4 is 15.9 Å². The Morgan fingerprint density at radius 2 is 2.11 bits per heavy atom. The molecule has 0 saturated carbocycles. The van der Waals surface area contributed by atoms with E-state index in [0.717, 1.165) is 46.7 Å². The molecule has 1 atom stereocenters. The summed E-state index contributed by atoms with van der Waals surface area (Å²) in [6.07, 6.45) is 2.57. The van der Waals surface area contributed by atoms with Gasteiger partial charge in [0.15, 0.2) is 11.5 Å². The van der Waals surface area contributed by atoms with E-state index >= 15 is 0 Å². The highest BCUT2D eigenvalue weighted by atomic mass is 79.9. The van der Waals surface area contributed by atoms with E-state index in [4.69, 9.17) is 9.47 Å². The van der Waals surface area contributed by atoms with Gasteiger partial charge in [-0.2, -0.15) is 0 Å². The minimum absolute atomic E-state index is 0.522. The number of halogens is 1. The number of hydrogen-bond donors (Lipinski definition) is 1. The molecule has 1 fully saturated rings. The number of methoxy groups -OCH3 is 1. The molecule has 0 amide bonds. The fourth-order valence-corrected chi connectivity index (χ4v) is 4.38. The van der Waals surface area contributed by atoms with Gasteiger partial charge in [-0.3, -0.25) is 4.90 Å². The Hall–Kier alpha value is -1.56. The molecule has 0 spiro atoms. The van der Waals surface area contributed by atoms with Crippen LogP contribution in [0.4, 0.5) is 0 Å². The highest BCUT2D eigenvalue weighted by Crippen LogP contribution is 2.37. The average Bonchev–Trinajstić information content (AvgIpc) is 3.15. The van der Waals surface area contributed by atoms with Crippen molar-refractivity contribution in [3.8, 4) is 11.5 Å². The fraction of sp³-hybridized carbons (Fsp3) is 0.478. The van der Waals surface area contributed by atoms with Crippen LogP contribution in [0.1, 0.15) is 36.5 Å². The summed E-state index contributed by atoms with van der Waals surface area (Å²) in [5, 5.41) is 3.64. The van der Waals surface area contributed by atoms with Gasteiger partial charge in [-0.05, 0) is 50.6 Å². The van der Waals surface area contributed by atoms with Crippen LogP contribution in [0.5, 0.6) is 11.5 Å². The first-order valence-corrected chi connectivity index (χ1v) is 10.9. The molecular formula is C23H31BrN2O2. The summed E-state index contributed by atoms with van der Waals surface area (Å²) in [6, 6.07) is 13.0. The lowest BCUT2D eigenvalue weighted by Crippen LogP contribution is -2.37. The van der Waals surface area contributed by atoms with Gasteiger partial charge in [0.05, 0.1) is 7.11 Å². The molecule has 0 bridgehead atoms. The first-order chi connectivity index (χ1) is 13.6. The SMILES string of the molecule is CCN1CCCC1CNCc1c(Br)ccc(OC)c1OCc1cccc(C)c1. The first kappa shape index (κ1) is 21.2. The maximum Gasteiger partial charge on any atom is 0.167 e.